The number of nitrogens with one attached hydrogen (secondary N) is 1. The molecule has 2 rings (SSSR count). The van der Waals surface area contributed by atoms with Gasteiger partial charge in [0.1, 0.15) is 0 Å². The van der Waals surface area contributed by atoms with Crippen molar-refractivity contribution in [1.82, 2.24) is 10.2 Å². The second-order valence-electron chi connectivity index (χ2n) is 4.88. The molecule has 0 aromatic heterocycles. The Balaban J connectivity index is 1.80. The topological polar surface area (TPSA) is 15.3 Å². The number of piperazine rings is 1. The molecule has 1 aromatic rings. The summed E-state index contributed by atoms with van der Waals surface area (Å²) in [5.41, 5.74) is 1.39. The van der Waals surface area contributed by atoms with Crippen molar-refractivity contribution >= 4 is 0 Å². The molecule has 0 radical (unpaired) electrons. The van der Waals surface area contributed by atoms with E-state index in [-0.39, 0.29) is 0 Å². The molecule has 0 bridgehead atoms. The maximum atomic E-state index is 5.27. The highest BCUT2D eigenvalue weighted by Gasteiger charge is 2.19. The van der Waals surface area contributed by atoms with E-state index in [0.717, 1.165) is 32.5 Å². The van der Waals surface area contributed by atoms with E-state index in [4.69, 9.17) is 6.42 Å². The van der Waals surface area contributed by atoms with Crippen LogP contribution in [-0.2, 0) is 0 Å². The monoisotopic (exact) mass is 242 g/mol. The second kappa shape index (κ2) is 7.20. The Kier molecular flexibility index (Phi) is 5.26. The molecule has 2 heteroatoms. The fraction of sp³-hybridized carbons (Fsp3) is 0.500. The van der Waals surface area contributed by atoms with Crippen LogP contribution in [0.25, 0.3) is 0 Å². The molecule has 96 valence electrons. The Morgan fingerprint density at radius 3 is 2.89 bits per heavy atom. The van der Waals surface area contributed by atoms with Crippen molar-refractivity contribution in [2.24, 2.45) is 0 Å². The minimum atomic E-state index is 0.479. The first-order chi connectivity index (χ1) is 8.90. The van der Waals surface area contributed by atoms with Gasteiger partial charge in [-0.25, -0.2) is 0 Å². The van der Waals surface area contributed by atoms with Gasteiger partial charge in [-0.3, -0.25) is 0 Å². The predicted molar refractivity (Wildman–Crippen MR) is 76.3 cm³/mol. The normalized spacial score (nSPS) is 20.5. The number of benzene rings is 1. The number of unbranched alkanes of at least 4 members (excludes halogenated alkanes) is 2. The molecule has 1 aromatic carbocycles. The van der Waals surface area contributed by atoms with Crippen LogP contribution in [0.2, 0.25) is 0 Å². The third-order valence-corrected chi connectivity index (χ3v) is 3.51. The number of rotatable bonds is 5. The molecule has 1 fully saturated rings. The Hall–Kier alpha value is -1.30. The average molecular weight is 242 g/mol. The van der Waals surface area contributed by atoms with Crippen LogP contribution >= 0.6 is 0 Å². The molecule has 18 heavy (non-hydrogen) atoms. The minimum absolute atomic E-state index is 0.479. The van der Waals surface area contributed by atoms with Crippen LogP contribution in [0.4, 0.5) is 0 Å². The molecule has 1 heterocycles. The molecular weight excluding hydrogens is 220 g/mol. The summed E-state index contributed by atoms with van der Waals surface area (Å²) in [4.78, 5) is 2.55. The number of hydrogen-bond acceptors (Lipinski definition) is 2. The molecular formula is C16H22N2. The first-order valence-electron chi connectivity index (χ1n) is 6.84. The molecule has 1 atom stereocenters. The summed E-state index contributed by atoms with van der Waals surface area (Å²) in [6.07, 6.45) is 8.55. The van der Waals surface area contributed by atoms with E-state index in [0.29, 0.717) is 6.04 Å². The Bertz CT molecular complexity index is 380. The Morgan fingerprint density at radius 2 is 2.11 bits per heavy atom. The van der Waals surface area contributed by atoms with Gasteiger partial charge in [0.15, 0.2) is 0 Å². The van der Waals surface area contributed by atoms with E-state index < -0.39 is 0 Å². The molecule has 1 saturated heterocycles. The zero-order valence-corrected chi connectivity index (χ0v) is 10.9. The fourth-order valence-electron chi connectivity index (χ4n) is 2.49. The first kappa shape index (κ1) is 13.1. The third-order valence-electron chi connectivity index (χ3n) is 3.51. The molecule has 0 amide bonds. The van der Waals surface area contributed by atoms with Crippen LogP contribution < -0.4 is 5.32 Å². The van der Waals surface area contributed by atoms with Gasteiger partial charge < -0.3 is 10.2 Å². The molecule has 1 aliphatic rings. The Labute approximate surface area is 110 Å². The maximum Gasteiger partial charge on any atom is 0.0449 e. The first-order valence-corrected chi connectivity index (χ1v) is 6.84. The highest BCUT2D eigenvalue weighted by Crippen LogP contribution is 2.17. The van der Waals surface area contributed by atoms with Crippen molar-refractivity contribution in [2.45, 2.75) is 25.3 Å². The van der Waals surface area contributed by atoms with Crippen LogP contribution in [0, 0.1) is 12.3 Å². The van der Waals surface area contributed by atoms with Crippen LogP contribution in [0.3, 0.4) is 0 Å². The van der Waals surface area contributed by atoms with E-state index in [1.54, 1.807) is 0 Å². The summed E-state index contributed by atoms with van der Waals surface area (Å²) in [6, 6.07) is 11.2. The van der Waals surface area contributed by atoms with Crippen molar-refractivity contribution in [1.29, 1.82) is 0 Å². The number of nitrogens with zero attached hydrogens (tertiary/aromatic N) is 1. The van der Waals surface area contributed by atoms with Crippen molar-refractivity contribution < 1.29 is 0 Å². The molecule has 2 nitrogen and oxygen atoms in total. The van der Waals surface area contributed by atoms with E-state index in [2.05, 4.69) is 46.5 Å². The van der Waals surface area contributed by atoms with Gasteiger partial charge in [-0.15, -0.1) is 12.3 Å². The van der Waals surface area contributed by atoms with Crippen molar-refractivity contribution in [3.05, 3.63) is 35.9 Å². The molecule has 1 aliphatic heterocycles. The van der Waals surface area contributed by atoms with E-state index in [1.807, 2.05) is 0 Å². The van der Waals surface area contributed by atoms with Gasteiger partial charge in [-0.2, -0.15) is 0 Å². The highest BCUT2D eigenvalue weighted by molar-refractivity contribution is 5.19. The molecule has 0 saturated carbocycles. The number of hydrogen-bond donors (Lipinski definition) is 1. The van der Waals surface area contributed by atoms with Crippen LogP contribution in [0.1, 0.15) is 30.9 Å². The summed E-state index contributed by atoms with van der Waals surface area (Å²) in [5.74, 6) is 2.71. The summed E-state index contributed by atoms with van der Waals surface area (Å²) >= 11 is 0. The van der Waals surface area contributed by atoms with E-state index >= 15 is 0 Å². The SMILES string of the molecule is C#CCCCCN1CCNC(c2ccccc2)C1. The summed E-state index contributed by atoms with van der Waals surface area (Å²) in [7, 11) is 0. The van der Waals surface area contributed by atoms with Crippen molar-refractivity contribution in [3.63, 3.8) is 0 Å². The van der Waals surface area contributed by atoms with Gasteiger partial charge in [0.05, 0.1) is 0 Å². The van der Waals surface area contributed by atoms with E-state index in [9.17, 15) is 0 Å². The smallest absolute Gasteiger partial charge is 0.0449 e. The average Bonchev–Trinajstić information content (AvgIpc) is 2.45. The van der Waals surface area contributed by atoms with Gasteiger partial charge in [0.25, 0.3) is 0 Å². The Morgan fingerprint density at radius 1 is 1.28 bits per heavy atom. The molecule has 0 spiro atoms. The van der Waals surface area contributed by atoms with Crippen molar-refractivity contribution in [2.75, 3.05) is 26.2 Å². The van der Waals surface area contributed by atoms with Crippen LogP contribution in [-0.4, -0.2) is 31.1 Å². The largest absolute Gasteiger partial charge is 0.308 e. The third kappa shape index (κ3) is 3.87. The zero-order valence-electron chi connectivity index (χ0n) is 10.9. The summed E-state index contributed by atoms with van der Waals surface area (Å²) in [6.45, 7) is 4.51. The standard InChI is InChI=1S/C16H22N2/c1-2-3-4-8-12-18-13-11-17-16(14-18)15-9-6-5-7-10-15/h1,5-7,9-10,16-17H,3-4,8,11-14H2. The van der Waals surface area contributed by atoms with Gasteiger partial charge in [-0.05, 0) is 24.9 Å². The van der Waals surface area contributed by atoms with Gasteiger partial charge in [0, 0.05) is 32.1 Å². The molecule has 0 aliphatic carbocycles. The summed E-state index contributed by atoms with van der Waals surface area (Å²) < 4.78 is 0. The highest BCUT2D eigenvalue weighted by atomic mass is 15.2. The second-order valence-corrected chi connectivity index (χ2v) is 4.88. The van der Waals surface area contributed by atoms with Gasteiger partial charge >= 0.3 is 0 Å². The van der Waals surface area contributed by atoms with Crippen LogP contribution in [0.5, 0.6) is 0 Å². The van der Waals surface area contributed by atoms with Crippen LogP contribution in [0.15, 0.2) is 30.3 Å². The van der Waals surface area contributed by atoms with Gasteiger partial charge in [-0.1, -0.05) is 30.3 Å². The maximum absolute atomic E-state index is 5.27. The van der Waals surface area contributed by atoms with Gasteiger partial charge in [0.2, 0.25) is 0 Å². The zero-order chi connectivity index (χ0) is 12.6. The lowest BCUT2D eigenvalue weighted by molar-refractivity contribution is 0.198. The predicted octanol–water partition coefficient (Wildman–Crippen LogP) is 2.44. The van der Waals surface area contributed by atoms with E-state index in [1.165, 1.54) is 18.5 Å². The minimum Gasteiger partial charge on any atom is -0.308 e. The molecule has 1 N–H and O–H groups in total. The lowest BCUT2D eigenvalue weighted by atomic mass is 10.0. The summed E-state index contributed by atoms with van der Waals surface area (Å²) in [5, 5.41) is 3.59. The molecule has 1 unspecified atom stereocenters. The van der Waals surface area contributed by atoms with Crippen molar-refractivity contribution in [3.8, 4) is 12.3 Å². The lowest BCUT2D eigenvalue weighted by Gasteiger charge is -2.34. The lowest BCUT2D eigenvalue weighted by Crippen LogP contribution is -2.45. The fourth-order valence-corrected chi connectivity index (χ4v) is 2.49. The quantitative estimate of drug-likeness (QED) is 0.630. The number of terminal acetylenes is 1.